The Kier molecular flexibility index (Phi) is 9.10. The van der Waals surface area contributed by atoms with Gasteiger partial charge in [-0.25, -0.2) is 4.99 Å². The summed E-state index contributed by atoms with van der Waals surface area (Å²) in [5, 5.41) is 6.53. The SMILES string of the molecule is C/C=C(\C=NC)C1=NC(Nc2ccc(NC(=O)c3ccc(CN4CCN(C)CC4)cc3)cc2C)N(C)C=C1. The van der Waals surface area contributed by atoms with Crippen molar-refractivity contribution in [2.24, 2.45) is 9.98 Å². The van der Waals surface area contributed by atoms with Gasteiger partial charge in [-0.3, -0.25) is 14.7 Å². The summed E-state index contributed by atoms with van der Waals surface area (Å²) in [5.41, 5.74) is 6.48. The molecule has 2 aliphatic heterocycles. The van der Waals surface area contributed by atoms with E-state index in [0.29, 0.717) is 5.56 Å². The quantitative estimate of drug-likeness (QED) is 0.517. The van der Waals surface area contributed by atoms with Crippen LogP contribution in [-0.4, -0.2) is 86.1 Å². The molecule has 2 aromatic rings. The minimum absolute atomic E-state index is 0.112. The van der Waals surface area contributed by atoms with Crippen LogP contribution in [0, 0.1) is 6.92 Å². The monoisotopic (exact) mass is 513 g/mol. The fourth-order valence-electron chi connectivity index (χ4n) is 4.54. The number of allylic oxidation sites excluding steroid dienone is 3. The van der Waals surface area contributed by atoms with Gasteiger partial charge in [0.25, 0.3) is 5.91 Å². The van der Waals surface area contributed by atoms with Crippen LogP contribution in [0.4, 0.5) is 11.4 Å². The van der Waals surface area contributed by atoms with Crippen molar-refractivity contribution in [3.63, 3.8) is 0 Å². The van der Waals surface area contributed by atoms with Crippen LogP contribution in [0.2, 0.25) is 0 Å². The van der Waals surface area contributed by atoms with Crippen molar-refractivity contribution in [2.45, 2.75) is 26.7 Å². The van der Waals surface area contributed by atoms with Crippen molar-refractivity contribution in [1.82, 2.24) is 14.7 Å². The molecule has 1 atom stereocenters. The number of rotatable bonds is 8. The number of likely N-dealkylation sites (N-methyl/N-ethyl adjacent to an activating group) is 1. The predicted molar refractivity (Wildman–Crippen MR) is 158 cm³/mol. The number of piperazine rings is 1. The Balaban J connectivity index is 1.37. The average molecular weight is 514 g/mol. The molecular weight excluding hydrogens is 474 g/mol. The van der Waals surface area contributed by atoms with Gasteiger partial charge in [-0.05, 0) is 68.4 Å². The Morgan fingerprint density at radius 3 is 2.50 bits per heavy atom. The first-order chi connectivity index (χ1) is 18.4. The molecule has 1 unspecified atom stereocenters. The number of benzene rings is 2. The standard InChI is InChI=1S/C30H39N7O/c1-6-24(20-31-3)28-13-14-36(5)30(34-28)33-27-12-11-26(19-22(27)2)32-29(38)25-9-7-23(8-10-25)21-37-17-15-35(4)16-18-37/h6-14,19-20,30,33H,15-18,21H2,1-5H3,(H,32,38)/b24-6+,31-20?. The van der Waals surface area contributed by atoms with Crippen molar-refractivity contribution in [3.8, 4) is 0 Å². The highest BCUT2D eigenvalue weighted by molar-refractivity contribution is 6.21. The first kappa shape index (κ1) is 27.3. The maximum absolute atomic E-state index is 12.9. The third-order valence-corrected chi connectivity index (χ3v) is 6.98. The molecule has 0 bridgehead atoms. The summed E-state index contributed by atoms with van der Waals surface area (Å²) in [6, 6.07) is 13.8. The summed E-state index contributed by atoms with van der Waals surface area (Å²) in [7, 11) is 5.91. The predicted octanol–water partition coefficient (Wildman–Crippen LogP) is 4.24. The van der Waals surface area contributed by atoms with Gasteiger partial charge in [0.2, 0.25) is 0 Å². The minimum Gasteiger partial charge on any atom is -0.347 e. The van der Waals surface area contributed by atoms with E-state index in [1.807, 2.05) is 80.7 Å². The topological polar surface area (TPSA) is 75.6 Å². The first-order valence-electron chi connectivity index (χ1n) is 13.1. The van der Waals surface area contributed by atoms with Gasteiger partial charge in [0.15, 0.2) is 6.29 Å². The smallest absolute Gasteiger partial charge is 0.255 e. The molecule has 2 aromatic carbocycles. The van der Waals surface area contributed by atoms with Crippen LogP contribution in [0.3, 0.4) is 0 Å². The number of nitrogens with zero attached hydrogens (tertiary/aromatic N) is 5. The zero-order chi connectivity index (χ0) is 27.1. The molecule has 2 heterocycles. The Morgan fingerprint density at radius 1 is 1.11 bits per heavy atom. The number of aliphatic imine (C=N–C) groups is 2. The summed E-state index contributed by atoms with van der Waals surface area (Å²) < 4.78 is 0. The first-order valence-corrected chi connectivity index (χ1v) is 13.1. The van der Waals surface area contributed by atoms with Gasteiger partial charge in [0.1, 0.15) is 0 Å². The van der Waals surface area contributed by atoms with Gasteiger partial charge in [0, 0.05) is 81.7 Å². The summed E-state index contributed by atoms with van der Waals surface area (Å²) in [5.74, 6) is -0.112. The molecule has 38 heavy (non-hydrogen) atoms. The molecule has 4 rings (SSSR count). The second kappa shape index (κ2) is 12.7. The molecular formula is C30H39N7O. The van der Waals surface area contributed by atoms with Crippen molar-refractivity contribution >= 4 is 29.2 Å². The van der Waals surface area contributed by atoms with Crippen LogP contribution in [0.15, 0.2) is 76.4 Å². The molecule has 0 aromatic heterocycles. The van der Waals surface area contributed by atoms with Crippen LogP contribution in [-0.2, 0) is 6.54 Å². The van der Waals surface area contributed by atoms with Gasteiger partial charge in [-0.1, -0.05) is 18.2 Å². The van der Waals surface area contributed by atoms with E-state index in [0.717, 1.165) is 60.9 Å². The largest absolute Gasteiger partial charge is 0.347 e. The molecule has 0 saturated carbocycles. The number of nitrogens with one attached hydrogen (secondary N) is 2. The molecule has 2 N–H and O–H groups in total. The average Bonchev–Trinajstić information content (AvgIpc) is 2.91. The number of aryl methyl sites for hydroxylation is 1. The third kappa shape index (κ3) is 6.96. The third-order valence-electron chi connectivity index (χ3n) is 6.98. The number of carbonyl (C=O) groups is 1. The van der Waals surface area contributed by atoms with Crippen LogP contribution >= 0.6 is 0 Å². The molecule has 8 heteroatoms. The van der Waals surface area contributed by atoms with Gasteiger partial charge in [0.05, 0.1) is 5.71 Å². The van der Waals surface area contributed by atoms with Crippen molar-refractivity contribution in [2.75, 3.05) is 58.0 Å². The van der Waals surface area contributed by atoms with E-state index >= 15 is 0 Å². The molecule has 0 spiro atoms. The molecule has 8 nitrogen and oxygen atoms in total. The van der Waals surface area contributed by atoms with Crippen molar-refractivity contribution in [3.05, 3.63) is 83.1 Å². The molecule has 1 amide bonds. The van der Waals surface area contributed by atoms with Gasteiger partial charge < -0.3 is 20.4 Å². The summed E-state index contributed by atoms with van der Waals surface area (Å²) in [4.78, 5) is 28.7. The van der Waals surface area contributed by atoms with E-state index in [4.69, 9.17) is 4.99 Å². The van der Waals surface area contributed by atoms with E-state index < -0.39 is 0 Å². The molecule has 1 fully saturated rings. The number of hydrogen-bond donors (Lipinski definition) is 2. The Hall–Kier alpha value is -3.75. The Morgan fingerprint density at radius 2 is 1.84 bits per heavy atom. The summed E-state index contributed by atoms with van der Waals surface area (Å²) >= 11 is 0. The number of carbonyl (C=O) groups excluding carboxylic acids is 1. The maximum atomic E-state index is 12.9. The highest BCUT2D eigenvalue weighted by Gasteiger charge is 2.18. The lowest BCUT2D eigenvalue weighted by Crippen LogP contribution is -2.43. The van der Waals surface area contributed by atoms with Crippen LogP contribution < -0.4 is 10.6 Å². The fourth-order valence-corrected chi connectivity index (χ4v) is 4.54. The zero-order valence-corrected chi connectivity index (χ0v) is 23.1. The van der Waals surface area contributed by atoms with Gasteiger partial charge in [-0.15, -0.1) is 0 Å². The second-order valence-corrected chi connectivity index (χ2v) is 9.91. The highest BCUT2D eigenvalue weighted by atomic mass is 16.1. The maximum Gasteiger partial charge on any atom is 0.255 e. The molecule has 2 aliphatic rings. The van der Waals surface area contributed by atoms with Crippen LogP contribution in [0.25, 0.3) is 0 Å². The lowest BCUT2D eigenvalue weighted by molar-refractivity contribution is 0.102. The minimum atomic E-state index is -0.251. The van der Waals surface area contributed by atoms with Crippen molar-refractivity contribution in [1.29, 1.82) is 0 Å². The number of hydrogen-bond acceptors (Lipinski definition) is 7. The van der Waals surface area contributed by atoms with Gasteiger partial charge >= 0.3 is 0 Å². The Labute approximate surface area is 226 Å². The summed E-state index contributed by atoms with van der Waals surface area (Å²) in [6.07, 6.45) is 7.56. The molecule has 0 radical (unpaired) electrons. The van der Waals surface area contributed by atoms with E-state index in [9.17, 15) is 4.79 Å². The molecule has 1 saturated heterocycles. The van der Waals surface area contributed by atoms with E-state index in [-0.39, 0.29) is 12.2 Å². The summed E-state index contributed by atoms with van der Waals surface area (Å²) in [6.45, 7) is 9.28. The lowest BCUT2D eigenvalue weighted by atomic mass is 10.1. The van der Waals surface area contributed by atoms with Crippen molar-refractivity contribution < 1.29 is 4.79 Å². The molecule has 0 aliphatic carbocycles. The second-order valence-electron chi connectivity index (χ2n) is 9.91. The van der Waals surface area contributed by atoms with E-state index in [1.165, 1.54) is 5.56 Å². The van der Waals surface area contributed by atoms with Crippen LogP contribution in [0.5, 0.6) is 0 Å². The van der Waals surface area contributed by atoms with Gasteiger partial charge in [-0.2, -0.15) is 0 Å². The molecule has 200 valence electrons. The van der Waals surface area contributed by atoms with E-state index in [1.54, 1.807) is 7.05 Å². The normalized spacial score (nSPS) is 19.1. The van der Waals surface area contributed by atoms with E-state index in [2.05, 4.69) is 44.6 Å². The zero-order valence-electron chi connectivity index (χ0n) is 23.1. The van der Waals surface area contributed by atoms with Crippen LogP contribution in [0.1, 0.15) is 28.4 Å². The number of amides is 1. The lowest BCUT2D eigenvalue weighted by Gasteiger charge is -2.32. The number of anilines is 2. The fraction of sp³-hybridized carbons (Fsp3) is 0.367. The Bertz CT molecular complexity index is 1240. The highest BCUT2D eigenvalue weighted by Crippen LogP contribution is 2.23.